The third-order valence-electron chi connectivity index (χ3n) is 7.27. The van der Waals surface area contributed by atoms with E-state index in [2.05, 4.69) is 51.7 Å². The molecule has 0 aliphatic carbocycles. The van der Waals surface area contributed by atoms with Crippen LogP contribution >= 0.6 is 12.2 Å². The summed E-state index contributed by atoms with van der Waals surface area (Å²) in [5.41, 5.74) is 2.30. The smallest absolute Gasteiger partial charge is 0.264 e. The van der Waals surface area contributed by atoms with Crippen LogP contribution in [0.5, 0.6) is 11.5 Å². The molecule has 0 radical (unpaired) electrons. The minimum absolute atomic E-state index is 0.00589. The number of aromatic nitrogens is 5. The lowest BCUT2D eigenvalue weighted by molar-refractivity contribution is 0.301. The highest BCUT2D eigenvalue weighted by atomic mass is 32.2. The van der Waals surface area contributed by atoms with Crippen LogP contribution in [0.2, 0.25) is 0 Å². The highest BCUT2D eigenvalue weighted by molar-refractivity contribution is 7.92. The average molecular weight is 620 g/mol. The monoisotopic (exact) mass is 619 g/mol. The van der Waals surface area contributed by atoms with Gasteiger partial charge in [0.15, 0.2) is 16.6 Å². The molecule has 3 N–H and O–H groups in total. The number of anilines is 3. The van der Waals surface area contributed by atoms with E-state index in [1.165, 1.54) is 24.5 Å². The van der Waals surface area contributed by atoms with E-state index in [1.54, 1.807) is 38.7 Å². The van der Waals surface area contributed by atoms with Crippen LogP contribution in [0.3, 0.4) is 0 Å². The van der Waals surface area contributed by atoms with Crippen molar-refractivity contribution in [2.24, 2.45) is 0 Å². The van der Waals surface area contributed by atoms with Gasteiger partial charge in [0.2, 0.25) is 5.95 Å². The number of thiocarbonyl (C=S) groups is 1. The normalized spacial score (nSPS) is 15.5. The molecule has 2 aromatic carbocycles. The van der Waals surface area contributed by atoms with E-state index in [1.807, 2.05) is 12.1 Å². The molecule has 1 saturated heterocycles. The van der Waals surface area contributed by atoms with Crippen molar-refractivity contribution >= 4 is 66.7 Å². The zero-order valence-electron chi connectivity index (χ0n) is 23.6. The van der Waals surface area contributed by atoms with Crippen molar-refractivity contribution in [3.8, 4) is 11.5 Å². The fourth-order valence-electron chi connectivity index (χ4n) is 5.17. The lowest BCUT2D eigenvalue weighted by Gasteiger charge is -2.41. The Hall–Kier alpha value is -4.76. The van der Waals surface area contributed by atoms with Gasteiger partial charge in [0.05, 0.1) is 30.0 Å². The van der Waals surface area contributed by atoms with Gasteiger partial charge in [-0.25, -0.2) is 33.1 Å². The molecule has 1 aliphatic heterocycles. The third-order valence-corrected chi connectivity index (χ3v) is 8.95. The molecular weight excluding hydrogens is 591 g/mol. The van der Waals surface area contributed by atoms with Gasteiger partial charge < -0.3 is 29.6 Å². The summed E-state index contributed by atoms with van der Waals surface area (Å²) in [6.45, 7) is 4.13. The van der Waals surface area contributed by atoms with Crippen LogP contribution in [0.1, 0.15) is 6.92 Å². The lowest BCUT2D eigenvalue weighted by Crippen LogP contribution is -2.55. The van der Waals surface area contributed by atoms with Crippen LogP contribution in [0, 0.1) is 0 Å². The standard InChI is InChI=1S/C28H29N9O4S2/c1-17-15-36(26-24-20-13-22(40-2)23(41-3)14-21(20)34-25(24)31-16-32-26)11-12-37(17)28(42)33-18-5-7-19(8-6-18)43(38,39)35-27-29-9-4-10-30-27/h4-10,13-14,16-17H,11-12,15H2,1-3H3,(H,33,42)(H,29,30,35)(H,31,32,34). The Morgan fingerprint density at radius 2 is 1.74 bits per heavy atom. The van der Waals surface area contributed by atoms with Crippen LogP contribution in [0.25, 0.3) is 21.9 Å². The SMILES string of the molecule is COc1cc2[nH]c3ncnc(N4CCN(C(=S)Nc5ccc(S(=O)(=O)Nc6ncccn6)cc5)C(C)C4)c3c2cc1OC. The van der Waals surface area contributed by atoms with E-state index in [-0.39, 0.29) is 16.9 Å². The minimum Gasteiger partial charge on any atom is -0.493 e. The number of H-pyrrole nitrogens is 1. The Balaban J connectivity index is 1.15. The summed E-state index contributed by atoms with van der Waals surface area (Å²) in [4.78, 5) is 24.8. The maximum absolute atomic E-state index is 12.7. The first-order chi connectivity index (χ1) is 20.8. The molecule has 0 bridgehead atoms. The molecule has 0 spiro atoms. The Kier molecular flexibility index (Phi) is 7.58. The fourth-order valence-corrected chi connectivity index (χ4v) is 6.52. The van der Waals surface area contributed by atoms with Gasteiger partial charge in [-0.3, -0.25) is 0 Å². The second kappa shape index (κ2) is 11.5. The van der Waals surface area contributed by atoms with Crippen LogP contribution in [0.15, 0.2) is 66.1 Å². The van der Waals surface area contributed by atoms with Gasteiger partial charge in [0, 0.05) is 55.2 Å². The maximum atomic E-state index is 12.7. The number of fused-ring (bicyclic) bond motifs is 3. The number of hydrogen-bond donors (Lipinski definition) is 3. The largest absolute Gasteiger partial charge is 0.493 e. The van der Waals surface area contributed by atoms with Gasteiger partial charge in [-0.1, -0.05) is 0 Å². The van der Waals surface area contributed by atoms with Crippen LogP contribution in [0.4, 0.5) is 17.5 Å². The molecule has 1 unspecified atom stereocenters. The van der Waals surface area contributed by atoms with E-state index >= 15 is 0 Å². The van der Waals surface area contributed by atoms with E-state index in [0.29, 0.717) is 41.9 Å². The first-order valence-corrected chi connectivity index (χ1v) is 15.3. The molecule has 6 rings (SSSR count). The van der Waals surface area contributed by atoms with Crippen molar-refractivity contribution in [1.82, 2.24) is 29.8 Å². The Morgan fingerprint density at radius 1 is 1.02 bits per heavy atom. The third kappa shape index (κ3) is 5.56. The van der Waals surface area contributed by atoms with E-state index < -0.39 is 10.0 Å². The van der Waals surface area contributed by atoms with E-state index in [0.717, 1.165) is 27.8 Å². The van der Waals surface area contributed by atoms with Crippen molar-refractivity contribution in [2.75, 3.05) is 48.8 Å². The number of ether oxygens (including phenoxy) is 2. The highest BCUT2D eigenvalue weighted by Gasteiger charge is 2.28. The number of rotatable bonds is 7. The number of piperazine rings is 1. The van der Waals surface area contributed by atoms with Crippen molar-refractivity contribution in [3.63, 3.8) is 0 Å². The summed E-state index contributed by atoms with van der Waals surface area (Å²) >= 11 is 5.75. The average Bonchev–Trinajstić information content (AvgIpc) is 3.38. The molecule has 43 heavy (non-hydrogen) atoms. The number of hydrogen-bond acceptors (Lipinski definition) is 10. The summed E-state index contributed by atoms with van der Waals surface area (Å²) in [6.07, 6.45) is 4.49. The fraction of sp³-hybridized carbons (Fsp3) is 0.250. The number of nitrogens with one attached hydrogen (secondary N) is 3. The molecule has 15 heteroatoms. The summed E-state index contributed by atoms with van der Waals surface area (Å²) in [7, 11) is -0.608. The predicted octanol–water partition coefficient (Wildman–Crippen LogP) is 3.63. The van der Waals surface area contributed by atoms with E-state index in [4.69, 9.17) is 21.7 Å². The topological polar surface area (TPSA) is 150 Å². The van der Waals surface area contributed by atoms with E-state index in [9.17, 15) is 8.42 Å². The first-order valence-electron chi connectivity index (χ1n) is 13.4. The van der Waals surface area contributed by atoms with Crippen molar-refractivity contribution in [2.45, 2.75) is 17.9 Å². The molecular formula is C28H29N9O4S2. The van der Waals surface area contributed by atoms with Crippen molar-refractivity contribution in [3.05, 3.63) is 61.2 Å². The molecule has 222 valence electrons. The van der Waals surface area contributed by atoms with Gasteiger partial charge in [0.1, 0.15) is 17.8 Å². The molecule has 0 saturated carbocycles. The van der Waals surface area contributed by atoms with Crippen LogP contribution < -0.4 is 24.4 Å². The second-order valence-corrected chi connectivity index (χ2v) is 12.0. The number of aromatic amines is 1. The molecule has 5 aromatic rings. The maximum Gasteiger partial charge on any atom is 0.264 e. The number of methoxy groups -OCH3 is 2. The predicted molar refractivity (Wildman–Crippen MR) is 168 cm³/mol. The van der Waals surface area contributed by atoms with Gasteiger partial charge in [0.25, 0.3) is 10.0 Å². The molecule has 1 atom stereocenters. The van der Waals surface area contributed by atoms with Crippen molar-refractivity contribution < 1.29 is 17.9 Å². The summed E-state index contributed by atoms with van der Waals surface area (Å²) in [5.74, 6) is 2.10. The Labute approximate surface area is 253 Å². The zero-order chi connectivity index (χ0) is 30.1. The minimum atomic E-state index is -3.83. The molecule has 13 nitrogen and oxygen atoms in total. The Bertz CT molecular complexity index is 1900. The van der Waals surface area contributed by atoms with Crippen LogP contribution in [-0.2, 0) is 10.0 Å². The summed E-state index contributed by atoms with van der Waals surface area (Å²) in [6, 6.07) is 11.9. The Morgan fingerprint density at radius 3 is 2.44 bits per heavy atom. The van der Waals surface area contributed by atoms with Gasteiger partial charge in [-0.15, -0.1) is 0 Å². The number of sulfonamides is 1. The zero-order valence-corrected chi connectivity index (χ0v) is 25.2. The van der Waals surface area contributed by atoms with Gasteiger partial charge in [-0.2, -0.15) is 0 Å². The van der Waals surface area contributed by atoms with Gasteiger partial charge >= 0.3 is 0 Å². The number of benzene rings is 2. The number of nitrogens with zero attached hydrogens (tertiary/aromatic N) is 6. The highest BCUT2D eigenvalue weighted by Crippen LogP contribution is 2.38. The second-order valence-electron chi connectivity index (χ2n) is 9.92. The van der Waals surface area contributed by atoms with Crippen molar-refractivity contribution in [1.29, 1.82) is 0 Å². The molecule has 3 aromatic heterocycles. The summed E-state index contributed by atoms with van der Waals surface area (Å²) < 4.78 is 38.8. The van der Waals surface area contributed by atoms with Crippen LogP contribution in [-0.4, -0.2) is 83.2 Å². The molecule has 1 fully saturated rings. The molecule has 0 amide bonds. The molecule has 1 aliphatic rings. The quantitative estimate of drug-likeness (QED) is 0.228. The van der Waals surface area contributed by atoms with Gasteiger partial charge in [-0.05, 0) is 55.5 Å². The summed E-state index contributed by atoms with van der Waals surface area (Å²) in [5, 5.41) is 5.66. The molecule has 4 heterocycles. The first kappa shape index (κ1) is 28.4. The lowest BCUT2D eigenvalue weighted by atomic mass is 10.1.